The Morgan fingerprint density at radius 2 is 1.00 bits per heavy atom. The molecule has 0 aromatic carbocycles. The van der Waals surface area contributed by atoms with Gasteiger partial charge in [0.25, 0.3) is 0 Å². The van der Waals surface area contributed by atoms with Crippen LogP contribution in [0.1, 0.15) is 101 Å². The molecule has 2 fully saturated rings. The molecule has 2 nitrogen and oxygen atoms in total. The first-order valence-electron chi connectivity index (χ1n) is 10.2. The van der Waals surface area contributed by atoms with Crippen molar-refractivity contribution in [1.29, 1.82) is 0 Å². The van der Waals surface area contributed by atoms with Gasteiger partial charge in [0.15, 0.2) is 0 Å². The van der Waals surface area contributed by atoms with Gasteiger partial charge in [-0.1, -0.05) is 62.3 Å². The van der Waals surface area contributed by atoms with Crippen LogP contribution in [0.5, 0.6) is 0 Å². The van der Waals surface area contributed by atoms with Crippen LogP contribution < -0.4 is 0 Å². The lowest BCUT2D eigenvalue weighted by Crippen LogP contribution is -2.15. The van der Waals surface area contributed by atoms with Crippen molar-refractivity contribution in [3.8, 4) is 0 Å². The lowest BCUT2D eigenvalue weighted by molar-refractivity contribution is 0.0716. The van der Waals surface area contributed by atoms with Crippen molar-refractivity contribution in [3.63, 3.8) is 0 Å². The summed E-state index contributed by atoms with van der Waals surface area (Å²) in [5, 5.41) is 9.03. The molecular formula is C21H48O2. The zero-order valence-corrected chi connectivity index (χ0v) is 17.8. The lowest BCUT2D eigenvalue weighted by Gasteiger charge is -2.21. The Bertz CT molecular complexity index is 166. The van der Waals surface area contributed by atoms with E-state index in [9.17, 15) is 0 Å². The highest BCUT2D eigenvalue weighted by molar-refractivity contribution is 4.67. The van der Waals surface area contributed by atoms with E-state index in [-0.39, 0.29) is 6.10 Å². The summed E-state index contributed by atoms with van der Waals surface area (Å²) in [6.45, 7) is 21.0. The Morgan fingerprint density at radius 1 is 0.696 bits per heavy atom. The molecule has 1 N–H and O–H groups in total. The van der Waals surface area contributed by atoms with E-state index < -0.39 is 0 Å². The van der Waals surface area contributed by atoms with Crippen molar-refractivity contribution >= 4 is 0 Å². The van der Waals surface area contributed by atoms with Crippen LogP contribution in [0.15, 0.2) is 0 Å². The number of hydrogen-bond acceptors (Lipinski definition) is 2. The van der Waals surface area contributed by atoms with Gasteiger partial charge in [0.05, 0.1) is 6.10 Å². The predicted molar refractivity (Wildman–Crippen MR) is 106 cm³/mol. The molecule has 0 amide bonds. The fraction of sp³-hybridized carbons (Fsp3) is 1.00. The number of aliphatic hydroxyl groups is 1. The van der Waals surface area contributed by atoms with E-state index in [0.29, 0.717) is 0 Å². The highest BCUT2D eigenvalue weighted by Gasteiger charge is 2.14. The fourth-order valence-corrected chi connectivity index (χ4v) is 2.06. The summed E-state index contributed by atoms with van der Waals surface area (Å²) in [5.74, 6) is 2.60. The molecule has 0 spiro atoms. The van der Waals surface area contributed by atoms with Gasteiger partial charge in [-0.2, -0.15) is 0 Å². The van der Waals surface area contributed by atoms with Crippen LogP contribution >= 0.6 is 0 Å². The van der Waals surface area contributed by atoms with E-state index >= 15 is 0 Å². The summed E-state index contributed by atoms with van der Waals surface area (Å²) in [5.41, 5.74) is 0. The van der Waals surface area contributed by atoms with Crippen molar-refractivity contribution in [1.82, 2.24) is 0 Å². The molecule has 1 aliphatic carbocycles. The van der Waals surface area contributed by atoms with Gasteiger partial charge in [-0.05, 0) is 56.3 Å². The fourth-order valence-electron chi connectivity index (χ4n) is 2.06. The topological polar surface area (TPSA) is 29.5 Å². The summed E-state index contributed by atoms with van der Waals surface area (Å²) in [6.07, 6.45) is 7.05. The molecule has 0 atom stereocenters. The van der Waals surface area contributed by atoms with Crippen molar-refractivity contribution in [2.45, 2.75) is 107 Å². The van der Waals surface area contributed by atoms with Gasteiger partial charge in [-0.25, -0.2) is 0 Å². The molecule has 0 aromatic rings. The maximum atomic E-state index is 9.03. The molecule has 1 saturated heterocycles. The minimum atomic E-state index is 0.0196. The molecule has 0 unspecified atom stereocenters. The van der Waals surface area contributed by atoms with Gasteiger partial charge in [0.1, 0.15) is 0 Å². The first-order valence-corrected chi connectivity index (χ1v) is 10.2. The first kappa shape index (κ1) is 27.8. The molecule has 0 radical (unpaired) electrons. The standard InChI is InChI=1S/C7H14O.C6H12O.C4H10.2C2H6/c1-6-2-4-7(8)5-3-6;1-6-2-4-7-5-3-6;1-4(2)3;2*1-2/h6-8H,2-5H2,1H3;6H,2-5H2,1H3;4H,1-3H3;2*1-2H3. The third-order valence-electron chi connectivity index (χ3n) is 3.50. The molecule has 1 aliphatic heterocycles. The van der Waals surface area contributed by atoms with Gasteiger partial charge in [0, 0.05) is 13.2 Å². The summed E-state index contributed by atoms with van der Waals surface area (Å²) in [7, 11) is 0. The SMILES string of the molecule is CC.CC.CC(C)C.CC1CCC(O)CC1.CC1CCOCC1. The van der Waals surface area contributed by atoms with Gasteiger partial charge >= 0.3 is 0 Å². The second-order valence-corrected chi connectivity index (χ2v) is 6.94. The Labute approximate surface area is 148 Å². The number of rotatable bonds is 0. The van der Waals surface area contributed by atoms with E-state index in [1.54, 1.807) is 0 Å². The molecule has 23 heavy (non-hydrogen) atoms. The van der Waals surface area contributed by atoms with Crippen LogP contribution in [-0.4, -0.2) is 24.4 Å². The Balaban J connectivity index is -0.000000245. The Kier molecular flexibility index (Phi) is 26.5. The van der Waals surface area contributed by atoms with Crippen molar-refractivity contribution in [3.05, 3.63) is 0 Å². The maximum Gasteiger partial charge on any atom is 0.0540 e. The second kappa shape index (κ2) is 21.9. The Hall–Kier alpha value is -0.0800. The molecule has 1 saturated carbocycles. The van der Waals surface area contributed by atoms with Crippen LogP contribution in [-0.2, 0) is 4.74 Å². The van der Waals surface area contributed by atoms with E-state index in [1.165, 1.54) is 25.7 Å². The van der Waals surface area contributed by atoms with Gasteiger partial charge in [-0.3, -0.25) is 0 Å². The van der Waals surface area contributed by atoms with Crippen molar-refractivity contribution in [2.75, 3.05) is 13.2 Å². The van der Waals surface area contributed by atoms with Crippen LogP contribution in [0, 0.1) is 17.8 Å². The predicted octanol–water partition coefficient (Wildman–Crippen LogP) is 6.71. The number of aliphatic hydroxyl groups excluding tert-OH is 1. The molecule has 0 bridgehead atoms. The van der Waals surface area contributed by atoms with E-state index in [2.05, 4.69) is 34.6 Å². The maximum absolute atomic E-state index is 9.03. The highest BCUT2D eigenvalue weighted by atomic mass is 16.5. The normalized spacial score (nSPS) is 23.6. The average Bonchev–Trinajstić information content (AvgIpc) is 2.55. The van der Waals surface area contributed by atoms with Gasteiger partial charge in [0.2, 0.25) is 0 Å². The zero-order valence-electron chi connectivity index (χ0n) is 17.8. The lowest BCUT2D eigenvalue weighted by atomic mass is 9.89. The van der Waals surface area contributed by atoms with E-state index in [1.807, 2.05) is 27.7 Å². The van der Waals surface area contributed by atoms with E-state index in [4.69, 9.17) is 9.84 Å². The van der Waals surface area contributed by atoms with Gasteiger partial charge < -0.3 is 9.84 Å². The molecule has 2 aliphatic rings. The first-order chi connectivity index (χ1) is 10.9. The highest BCUT2D eigenvalue weighted by Crippen LogP contribution is 2.22. The molecule has 2 rings (SSSR count). The van der Waals surface area contributed by atoms with Crippen molar-refractivity contribution in [2.24, 2.45) is 17.8 Å². The molecule has 2 heteroatoms. The zero-order chi connectivity index (χ0) is 18.7. The third kappa shape index (κ3) is 27.1. The van der Waals surface area contributed by atoms with Crippen LogP contribution in [0.3, 0.4) is 0 Å². The number of hydrogen-bond donors (Lipinski definition) is 1. The smallest absolute Gasteiger partial charge is 0.0540 e. The quantitative estimate of drug-likeness (QED) is 0.534. The molecule has 1 heterocycles. The average molecular weight is 333 g/mol. The summed E-state index contributed by atoms with van der Waals surface area (Å²) < 4.78 is 5.14. The van der Waals surface area contributed by atoms with Gasteiger partial charge in [-0.15, -0.1) is 0 Å². The number of ether oxygens (including phenoxy) is 1. The molecular weight excluding hydrogens is 284 g/mol. The van der Waals surface area contributed by atoms with Crippen LogP contribution in [0.2, 0.25) is 0 Å². The minimum absolute atomic E-state index is 0.0196. The third-order valence-corrected chi connectivity index (χ3v) is 3.50. The van der Waals surface area contributed by atoms with Crippen molar-refractivity contribution < 1.29 is 9.84 Å². The van der Waals surface area contributed by atoms with Crippen LogP contribution in [0.4, 0.5) is 0 Å². The second-order valence-electron chi connectivity index (χ2n) is 6.94. The van der Waals surface area contributed by atoms with E-state index in [0.717, 1.165) is 43.8 Å². The molecule has 144 valence electrons. The van der Waals surface area contributed by atoms with Crippen LogP contribution in [0.25, 0.3) is 0 Å². The monoisotopic (exact) mass is 332 g/mol. The molecule has 0 aromatic heterocycles. The summed E-state index contributed by atoms with van der Waals surface area (Å²) in [4.78, 5) is 0. The summed E-state index contributed by atoms with van der Waals surface area (Å²) in [6, 6.07) is 0. The Morgan fingerprint density at radius 3 is 1.22 bits per heavy atom. The summed E-state index contributed by atoms with van der Waals surface area (Å²) >= 11 is 0. The largest absolute Gasteiger partial charge is 0.393 e. The minimum Gasteiger partial charge on any atom is -0.393 e.